The second-order valence-electron chi connectivity index (χ2n) is 6.45. The van der Waals surface area contributed by atoms with Gasteiger partial charge in [-0.1, -0.05) is 20.8 Å². The highest BCUT2D eigenvalue weighted by Crippen LogP contribution is 2.22. The molecule has 6 nitrogen and oxygen atoms in total. The van der Waals surface area contributed by atoms with Crippen LogP contribution < -0.4 is 5.32 Å². The highest BCUT2D eigenvalue weighted by atomic mass is 16.5. The summed E-state index contributed by atoms with van der Waals surface area (Å²) in [5.41, 5.74) is -0.304. The normalized spacial score (nSPS) is 22.0. The van der Waals surface area contributed by atoms with E-state index in [0.717, 1.165) is 6.42 Å². The number of aliphatic carboxylic acids is 1. The molecule has 0 bridgehead atoms. The van der Waals surface area contributed by atoms with Crippen molar-refractivity contribution in [2.24, 2.45) is 5.41 Å². The minimum atomic E-state index is -0.905. The van der Waals surface area contributed by atoms with Crippen LogP contribution in [0.5, 0.6) is 0 Å². The molecule has 0 aromatic heterocycles. The van der Waals surface area contributed by atoms with Crippen molar-refractivity contribution < 1.29 is 19.4 Å². The Bertz CT molecular complexity index is 352. The van der Waals surface area contributed by atoms with Crippen LogP contribution in [0.25, 0.3) is 0 Å². The fourth-order valence-corrected chi connectivity index (χ4v) is 2.17. The third-order valence-electron chi connectivity index (χ3n) is 3.46. The molecule has 2 N–H and O–H groups in total. The lowest BCUT2D eigenvalue weighted by molar-refractivity contribution is -0.138. The molecule has 0 saturated carbocycles. The first kappa shape index (κ1) is 16.8. The molecule has 0 spiro atoms. The summed E-state index contributed by atoms with van der Waals surface area (Å²) in [4.78, 5) is 24.9. The van der Waals surface area contributed by atoms with Crippen molar-refractivity contribution in [2.45, 2.75) is 52.7 Å². The van der Waals surface area contributed by atoms with E-state index in [4.69, 9.17) is 9.84 Å². The first-order valence-corrected chi connectivity index (χ1v) is 7.09. The molecule has 1 aliphatic rings. The Kier molecular flexibility index (Phi) is 5.80. The molecular weight excluding hydrogens is 260 g/mol. The van der Waals surface area contributed by atoms with Gasteiger partial charge in [-0.25, -0.2) is 4.79 Å². The molecule has 1 fully saturated rings. The molecule has 0 aromatic rings. The Morgan fingerprint density at radius 1 is 1.45 bits per heavy atom. The number of nitrogens with one attached hydrogen (secondary N) is 1. The number of carboxylic acids is 1. The lowest BCUT2D eigenvalue weighted by atomic mass is 9.85. The molecule has 1 heterocycles. The van der Waals surface area contributed by atoms with Crippen LogP contribution >= 0.6 is 0 Å². The van der Waals surface area contributed by atoms with E-state index in [0.29, 0.717) is 19.7 Å². The Morgan fingerprint density at radius 2 is 2.10 bits per heavy atom. The van der Waals surface area contributed by atoms with Gasteiger partial charge < -0.3 is 20.1 Å². The topological polar surface area (TPSA) is 78.9 Å². The largest absolute Gasteiger partial charge is 0.481 e. The third kappa shape index (κ3) is 5.36. The van der Waals surface area contributed by atoms with Gasteiger partial charge in [0, 0.05) is 25.7 Å². The number of carbonyl (C=O) groups is 2. The predicted molar refractivity (Wildman–Crippen MR) is 75.6 cm³/mol. The van der Waals surface area contributed by atoms with E-state index in [1.807, 2.05) is 27.7 Å². The third-order valence-corrected chi connectivity index (χ3v) is 3.46. The quantitative estimate of drug-likeness (QED) is 0.827. The maximum atomic E-state index is 12.3. The molecule has 2 unspecified atom stereocenters. The van der Waals surface area contributed by atoms with Crippen LogP contribution in [0.1, 0.15) is 40.5 Å². The van der Waals surface area contributed by atoms with Crippen molar-refractivity contribution in [3.05, 3.63) is 0 Å². The molecule has 0 radical (unpaired) electrons. The van der Waals surface area contributed by atoms with Crippen molar-refractivity contribution in [1.82, 2.24) is 10.2 Å². The number of carboxylic acid groups (broad SMARTS) is 1. The van der Waals surface area contributed by atoms with Gasteiger partial charge in [0.15, 0.2) is 0 Å². The number of carbonyl (C=O) groups excluding carboxylic acids is 1. The van der Waals surface area contributed by atoms with Crippen molar-refractivity contribution in [1.29, 1.82) is 0 Å². The van der Waals surface area contributed by atoms with E-state index in [2.05, 4.69) is 5.32 Å². The average molecular weight is 286 g/mol. The summed E-state index contributed by atoms with van der Waals surface area (Å²) in [5.74, 6) is -0.905. The van der Waals surface area contributed by atoms with Crippen LogP contribution in [0.4, 0.5) is 4.79 Å². The number of amides is 2. The SMILES string of the molecule is CC1CN(C(=O)NC(CC(=O)O)C(C)(C)C)CCCO1. The fraction of sp³-hybridized carbons (Fsp3) is 0.857. The minimum Gasteiger partial charge on any atom is -0.481 e. The van der Waals surface area contributed by atoms with Crippen molar-refractivity contribution in [3.63, 3.8) is 0 Å². The molecule has 1 saturated heterocycles. The minimum absolute atomic E-state index is 0.0100. The Hall–Kier alpha value is -1.30. The summed E-state index contributed by atoms with van der Waals surface area (Å²) in [5, 5.41) is 11.8. The zero-order chi connectivity index (χ0) is 15.3. The van der Waals surface area contributed by atoms with Gasteiger partial charge in [0.05, 0.1) is 12.5 Å². The van der Waals surface area contributed by atoms with Gasteiger partial charge in [-0.2, -0.15) is 0 Å². The molecule has 20 heavy (non-hydrogen) atoms. The second kappa shape index (κ2) is 6.92. The summed E-state index contributed by atoms with van der Waals surface area (Å²) < 4.78 is 5.50. The molecule has 116 valence electrons. The molecule has 1 rings (SSSR count). The monoisotopic (exact) mass is 286 g/mol. The summed E-state index contributed by atoms with van der Waals surface area (Å²) in [6, 6.07) is -0.601. The van der Waals surface area contributed by atoms with Crippen LogP contribution in [-0.2, 0) is 9.53 Å². The highest BCUT2D eigenvalue weighted by Gasteiger charge is 2.30. The van der Waals surface area contributed by atoms with Gasteiger partial charge in [-0.05, 0) is 18.8 Å². The Labute approximate surface area is 120 Å². The molecular formula is C14H26N2O4. The van der Waals surface area contributed by atoms with Gasteiger partial charge in [0.2, 0.25) is 0 Å². The molecule has 2 amide bonds. The van der Waals surface area contributed by atoms with Crippen LogP contribution in [-0.4, -0.2) is 53.8 Å². The van der Waals surface area contributed by atoms with E-state index in [-0.39, 0.29) is 24.0 Å². The summed E-state index contributed by atoms with van der Waals surface area (Å²) in [6.45, 7) is 9.54. The second-order valence-corrected chi connectivity index (χ2v) is 6.45. The Balaban J connectivity index is 2.67. The van der Waals surface area contributed by atoms with Gasteiger partial charge in [-0.15, -0.1) is 0 Å². The first-order valence-electron chi connectivity index (χ1n) is 7.09. The van der Waals surface area contributed by atoms with Crippen LogP contribution in [0.15, 0.2) is 0 Å². The molecule has 6 heteroatoms. The van der Waals surface area contributed by atoms with Gasteiger partial charge >= 0.3 is 12.0 Å². The maximum absolute atomic E-state index is 12.3. The highest BCUT2D eigenvalue weighted by molar-refractivity contribution is 5.76. The summed E-state index contributed by atoms with van der Waals surface area (Å²) >= 11 is 0. The van der Waals surface area contributed by atoms with Gasteiger partial charge in [0.25, 0.3) is 0 Å². The van der Waals surface area contributed by atoms with E-state index in [1.165, 1.54) is 0 Å². The molecule has 2 atom stereocenters. The summed E-state index contributed by atoms with van der Waals surface area (Å²) in [7, 11) is 0. The predicted octanol–water partition coefficient (Wildman–Crippen LogP) is 1.70. The number of ether oxygens (including phenoxy) is 1. The number of hydrogen-bond donors (Lipinski definition) is 2. The first-order chi connectivity index (χ1) is 9.20. The van der Waals surface area contributed by atoms with Gasteiger partial charge in [0.1, 0.15) is 0 Å². The Morgan fingerprint density at radius 3 is 2.65 bits per heavy atom. The lowest BCUT2D eigenvalue weighted by Gasteiger charge is -2.33. The lowest BCUT2D eigenvalue weighted by Crippen LogP contribution is -2.51. The number of nitrogens with zero attached hydrogens (tertiary/aromatic N) is 1. The molecule has 0 aliphatic carbocycles. The van der Waals surface area contributed by atoms with E-state index in [9.17, 15) is 9.59 Å². The average Bonchev–Trinajstić information content (AvgIpc) is 2.51. The van der Waals surface area contributed by atoms with Crippen molar-refractivity contribution >= 4 is 12.0 Å². The molecule has 0 aromatic carbocycles. The van der Waals surface area contributed by atoms with Crippen LogP contribution in [0.2, 0.25) is 0 Å². The van der Waals surface area contributed by atoms with E-state index in [1.54, 1.807) is 4.90 Å². The number of hydrogen-bond acceptors (Lipinski definition) is 3. The van der Waals surface area contributed by atoms with E-state index >= 15 is 0 Å². The zero-order valence-electron chi connectivity index (χ0n) is 12.8. The number of urea groups is 1. The smallest absolute Gasteiger partial charge is 0.317 e. The zero-order valence-corrected chi connectivity index (χ0v) is 12.8. The number of rotatable bonds is 3. The van der Waals surface area contributed by atoms with Crippen molar-refractivity contribution in [3.8, 4) is 0 Å². The van der Waals surface area contributed by atoms with Gasteiger partial charge in [-0.3, -0.25) is 4.79 Å². The van der Waals surface area contributed by atoms with E-state index < -0.39 is 12.0 Å². The molecule has 1 aliphatic heterocycles. The fourth-order valence-electron chi connectivity index (χ4n) is 2.17. The van der Waals surface area contributed by atoms with Crippen LogP contribution in [0.3, 0.4) is 0 Å². The van der Waals surface area contributed by atoms with Crippen LogP contribution in [0, 0.1) is 5.41 Å². The van der Waals surface area contributed by atoms with Crippen molar-refractivity contribution in [2.75, 3.05) is 19.7 Å². The summed E-state index contributed by atoms with van der Waals surface area (Å²) in [6.07, 6.45) is 0.738. The standard InChI is InChI=1S/C14H26N2O4/c1-10-9-16(6-5-7-20-10)13(19)15-11(8-12(17)18)14(2,3)4/h10-11H,5-9H2,1-4H3,(H,15,19)(H,17,18). The maximum Gasteiger partial charge on any atom is 0.317 e.